The van der Waals surface area contributed by atoms with Gasteiger partial charge in [-0.15, -0.1) is 0 Å². The standard InChI is InChI=1S/C18H14ClN5O3S/c19-12-5-14-15(27-7-16(25)22-14)6-13(12)23-17(26)11-3-1-10(2-4-11)8-28-18-20-9-21-24-18/h1-6,9H,7-8H2,(H,22,25)(H,23,26)(H,20,21,24). The summed E-state index contributed by atoms with van der Waals surface area (Å²) in [5.74, 6) is 0.619. The second kappa shape index (κ2) is 7.91. The third kappa shape index (κ3) is 4.10. The van der Waals surface area contributed by atoms with E-state index in [0.29, 0.717) is 33.5 Å². The Kier molecular flexibility index (Phi) is 5.18. The fraction of sp³-hybridized carbons (Fsp3) is 0.111. The minimum Gasteiger partial charge on any atom is -0.482 e. The predicted octanol–water partition coefficient (Wildman–Crippen LogP) is 3.33. The predicted molar refractivity (Wildman–Crippen MR) is 106 cm³/mol. The minimum absolute atomic E-state index is 0.0738. The van der Waals surface area contributed by atoms with Crippen LogP contribution in [-0.4, -0.2) is 33.6 Å². The molecule has 2 aromatic carbocycles. The Morgan fingerprint density at radius 1 is 1.29 bits per heavy atom. The summed E-state index contributed by atoms with van der Waals surface area (Å²) in [5, 5.41) is 13.1. The molecule has 2 heterocycles. The average Bonchev–Trinajstić information content (AvgIpc) is 3.21. The lowest BCUT2D eigenvalue weighted by atomic mass is 10.1. The van der Waals surface area contributed by atoms with E-state index in [4.69, 9.17) is 16.3 Å². The van der Waals surface area contributed by atoms with Gasteiger partial charge in [-0.05, 0) is 23.8 Å². The summed E-state index contributed by atoms with van der Waals surface area (Å²) >= 11 is 7.74. The summed E-state index contributed by atoms with van der Waals surface area (Å²) in [5.41, 5.74) is 2.43. The van der Waals surface area contributed by atoms with Gasteiger partial charge in [0.2, 0.25) is 0 Å². The molecule has 0 atom stereocenters. The number of rotatable bonds is 5. The Morgan fingerprint density at radius 3 is 2.86 bits per heavy atom. The molecule has 2 amide bonds. The highest BCUT2D eigenvalue weighted by molar-refractivity contribution is 7.98. The number of nitrogens with zero attached hydrogens (tertiary/aromatic N) is 2. The van der Waals surface area contributed by atoms with Crippen LogP contribution in [0.4, 0.5) is 11.4 Å². The van der Waals surface area contributed by atoms with Crippen LogP contribution in [-0.2, 0) is 10.5 Å². The van der Waals surface area contributed by atoms with Gasteiger partial charge in [-0.3, -0.25) is 14.7 Å². The molecule has 0 aliphatic carbocycles. The summed E-state index contributed by atoms with van der Waals surface area (Å²) in [6.45, 7) is -0.0738. The van der Waals surface area contributed by atoms with Gasteiger partial charge in [0.1, 0.15) is 12.1 Å². The Balaban J connectivity index is 1.43. The lowest BCUT2D eigenvalue weighted by molar-refractivity contribution is -0.118. The van der Waals surface area contributed by atoms with Crippen molar-refractivity contribution in [1.29, 1.82) is 0 Å². The molecule has 1 aliphatic rings. The van der Waals surface area contributed by atoms with Gasteiger partial charge in [0, 0.05) is 17.4 Å². The van der Waals surface area contributed by atoms with Gasteiger partial charge in [-0.25, -0.2) is 4.98 Å². The fourth-order valence-corrected chi connectivity index (χ4v) is 3.50. The third-order valence-electron chi connectivity index (χ3n) is 3.93. The molecule has 1 aliphatic heterocycles. The van der Waals surface area contributed by atoms with E-state index in [9.17, 15) is 9.59 Å². The molecule has 4 rings (SSSR count). The van der Waals surface area contributed by atoms with Crippen molar-refractivity contribution in [3.8, 4) is 5.75 Å². The van der Waals surface area contributed by atoms with Crippen molar-refractivity contribution in [3.63, 3.8) is 0 Å². The van der Waals surface area contributed by atoms with Crippen molar-refractivity contribution in [2.45, 2.75) is 10.9 Å². The first-order valence-corrected chi connectivity index (χ1v) is 9.59. The highest BCUT2D eigenvalue weighted by atomic mass is 35.5. The summed E-state index contributed by atoms with van der Waals surface area (Å²) in [6.07, 6.45) is 1.46. The van der Waals surface area contributed by atoms with Crippen molar-refractivity contribution in [2.75, 3.05) is 17.2 Å². The van der Waals surface area contributed by atoms with E-state index in [1.54, 1.807) is 24.3 Å². The molecular weight excluding hydrogens is 402 g/mol. The number of thioether (sulfide) groups is 1. The van der Waals surface area contributed by atoms with E-state index < -0.39 is 0 Å². The minimum atomic E-state index is -0.295. The molecule has 0 saturated carbocycles. The number of fused-ring (bicyclic) bond motifs is 1. The maximum Gasteiger partial charge on any atom is 0.262 e. The summed E-state index contributed by atoms with van der Waals surface area (Å²) in [4.78, 5) is 28.0. The van der Waals surface area contributed by atoms with E-state index in [2.05, 4.69) is 25.8 Å². The Bertz CT molecular complexity index is 1020. The van der Waals surface area contributed by atoms with Gasteiger partial charge < -0.3 is 15.4 Å². The molecule has 10 heteroatoms. The number of hydrogen-bond acceptors (Lipinski definition) is 6. The van der Waals surface area contributed by atoms with E-state index in [1.165, 1.54) is 18.1 Å². The van der Waals surface area contributed by atoms with Crippen molar-refractivity contribution >= 4 is 46.6 Å². The van der Waals surface area contributed by atoms with Crippen LogP contribution in [0.1, 0.15) is 15.9 Å². The maximum atomic E-state index is 12.5. The van der Waals surface area contributed by atoms with E-state index >= 15 is 0 Å². The Hall–Kier alpha value is -3.04. The van der Waals surface area contributed by atoms with Crippen molar-refractivity contribution in [2.24, 2.45) is 0 Å². The van der Waals surface area contributed by atoms with Crippen LogP contribution < -0.4 is 15.4 Å². The van der Waals surface area contributed by atoms with E-state index in [1.807, 2.05) is 12.1 Å². The number of aromatic nitrogens is 3. The largest absolute Gasteiger partial charge is 0.482 e. The van der Waals surface area contributed by atoms with Crippen LogP contribution in [0, 0.1) is 0 Å². The Morgan fingerprint density at radius 2 is 2.11 bits per heavy atom. The number of hydrogen-bond donors (Lipinski definition) is 3. The van der Waals surface area contributed by atoms with Crippen molar-refractivity contribution in [1.82, 2.24) is 15.2 Å². The first-order chi connectivity index (χ1) is 13.6. The molecule has 142 valence electrons. The average molecular weight is 416 g/mol. The SMILES string of the molecule is O=C1COc2cc(NC(=O)c3ccc(CSc4ncn[nH]4)cc3)c(Cl)cc2N1. The number of ether oxygens (including phenoxy) is 1. The summed E-state index contributed by atoms with van der Waals surface area (Å²) in [7, 11) is 0. The second-order valence-corrected chi connectivity index (χ2v) is 7.27. The number of benzene rings is 2. The molecule has 0 radical (unpaired) electrons. The van der Waals surface area contributed by atoms with Gasteiger partial charge in [0.05, 0.1) is 16.4 Å². The molecule has 0 fully saturated rings. The first-order valence-electron chi connectivity index (χ1n) is 8.23. The number of halogens is 1. The first kappa shape index (κ1) is 18.3. The summed E-state index contributed by atoms with van der Waals surface area (Å²) in [6, 6.07) is 10.4. The molecule has 0 unspecified atom stereocenters. The molecule has 0 spiro atoms. The zero-order valence-corrected chi connectivity index (χ0v) is 15.9. The van der Waals surface area contributed by atoms with E-state index in [0.717, 1.165) is 10.7 Å². The monoisotopic (exact) mass is 415 g/mol. The molecule has 0 bridgehead atoms. The highest BCUT2D eigenvalue weighted by Crippen LogP contribution is 2.36. The zero-order chi connectivity index (χ0) is 19.5. The third-order valence-corrected chi connectivity index (χ3v) is 5.20. The second-order valence-electron chi connectivity index (χ2n) is 5.90. The van der Waals surface area contributed by atoms with Gasteiger partial charge >= 0.3 is 0 Å². The number of nitrogens with one attached hydrogen (secondary N) is 3. The smallest absolute Gasteiger partial charge is 0.262 e. The topological polar surface area (TPSA) is 109 Å². The molecule has 3 N–H and O–H groups in total. The number of carbonyl (C=O) groups is 2. The number of H-pyrrole nitrogens is 1. The number of anilines is 2. The molecule has 3 aromatic rings. The van der Waals surface area contributed by atoms with Gasteiger partial charge in [-0.2, -0.15) is 5.10 Å². The van der Waals surface area contributed by atoms with Gasteiger partial charge in [0.15, 0.2) is 11.8 Å². The maximum absolute atomic E-state index is 12.5. The molecule has 0 saturated heterocycles. The number of aromatic amines is 1. The lowest BCUT2D eigenvalue weighted by Crippen LogP contribution is -2.25. The number of carbonyl (C=O) groups excluding carboxylic acids is 2. The Labute approximate surface area is 169 Å². The zero-order valence-electron chi connectivity index (χ0n) is 14.4. The highest BCUT2D eigenvalue weighted by Gasteiger charge is 2.19. The summed E-state index contributed by atoms with van der Waals surface area (Å²) < 4.78 is 5.36. The molecule has 8 nitrogen and oxygen atoms in total. The fourth-order valence-electron chi connectivity index (χ4n) is 2.56. The normalized spacial score (nSPS) is 12.7. The van der Waals surface area contributed by atoms with Crippen LogP contribution in [0.3, 0.4) is 0 Å². The van der Waals surface area contributed by atoms with Crippen molar-refractivity contribution in [3.05, 3.63) is 58.9 Å². The van der Waals surface area contributed by atoms with Crippen LogP contribution >= 0.6 is 23.4 Å². The van der Waals surface area contributed by atoms with Crippen LogP contribution in [0.5, 0.6) is 5.75 Å². The molecule has 28 heavy (non-hydrogen) atoms. The van der Waals surface area contributed by atoms with Gasteiger partial charge in [-0.1, -0.05) is 35.5 Å². The van der Waals surface area contributed by atoms with Crippen LogP contribution in [0.2, 0.25) is 5.02 Å². The lowest BCUT2D eigenvalue weighted by Gasteiger charge is -2.19. The molecule has 1 aromatic heterocycles. The number of amides is 2. The molecular formula is C18H14ClN5O3S. The van der Waals surface area contributed by atoms with Gasteiger partial charge in [0.25, 0.3) is 11.8 Å². The van der Waals surface area contributed by atoms with Crippen LogP contribution in [0.15, 0.2) is 47.9 Å². The quantitative estimate of drug-likeness (QED) is 0.551. The van der Waals surface area contributed by atoms with Crippen LogP contribution in [0.25, 0.3) is 0 Å². The van der Waals surface area contributed by atoms with Crippen molar-refractivity contribution < 1.29 is 14.3 Å². The van der Waals surface area contributed by atoms with E-state index in [-0.39, 0.29) is 18.4 Å².